The Morgan fingerprint density at radius 1 is 1.00 bits per heavy atom. The Labute approximate surface area is 99.3 Å². The summed E-state index contributed by atoms with van der Waals surface area (Å²) in [5.74, 6) is 2.84. The van der Waals surface area contributed by atoms with Crippen LogP contribution in [-0.2, 0) is 0 Å². The van der Waals surface area contributed by atoms with Crippen LogP contribution in [0.4, 0.5) is 0 Å². The second kappa shape index (κ2) is 4.50. The fraction of sp³-hybridized carbons (Fsp3) is 0.857. The standard InChI is InChI=1S/C14H24N2/c1-2-15-5-7-16(8-6-15)11-14-10-12-3-4-13(14)9-12/h3-4,12-14H,2,5-11H2,1H3/t12-,13-,14-/m1/s1. The first-order valence-electron chi connectivity index (χ1n) is 6.98. The van der Waals surface area contributed by atoms with E-state index in [-0.39, 0.29) is 0 Å². The SMILES string of the molecule is CCN1CCN(C[C@H]2C[C@@H]3C=C[C@@H]2C3)CC1. The van der Waals surface area contributed by atoms with E-state index in [0.29, 0.717) is 0 Å². The van der Waals surface area contributed by atoms with Crippen LogP contribution in [0.15, 0.2) is 12.2 Å². The zero-order valence-corrected chi connectivity index (χ0v) is 10.4. The fourth-order valence-electron chi connectivity index (χ4n) is 3.72. The molecule has 1 saturated heterocycles. The van der Waals surface area contributed by atoms with Crippen LogP contribution in [0.3, 0.4) is 0 Å². The van der Waals surface area contributed by atoms with Crippen LogP contribution >= 0.6 is 0 Å². The second-order valence-electron chi connectivity index (χ2n) is 5.78. The predicted octanol–water partition coefficient (Wildman–Crippen LogP) is 1.84. The molecule has 0 unspecified atom stereocenters. The lowest BCUT2D eigenvalue weighted by atomic mass is 9.93. The van der Waals surface area contributed by atoms with Crippen molar-refractivity contribution in [2.75, 3.05) is 39.3 Å². The van der Waals surface area contributed by atoms with E-state index in [1.54, 1.807) is 0 Å². The normalized spacial score (nSPS) is 39.7. The lowest BCUT2D eigenvalue weighted by Crippen LogP contribution is -2.47. The number of piperazine rings is 1. The van der Waals surface area contributed by atoms with Crippen molar-refractivity contribution in [1.82, 2.24) is 9.80 Å². The molecule has 3 aliphatic rings. The minimum Gasteiger partial charge on any atom is -0.301 e. The van der Waals surface area contributed by atoms with Gasteiger partial charge in [0.2, 0.25) is 0 Å². The number of fused-ring (bicyclic) bond motifs is 2. The van der Waals surface area contributed by atoms with Crippen LogP contribution in [0.5, 0.6) is 0 Å². The molecule has 1 saturated carbocycles. The smallest absolute Gasteiger partial charge is 0.0110 e. The van der Waals surface area contributed by atoms with Gasteiger partial charge in [-0.2, -0.15) is 0 Å². The van der Waals surface area contributed by atoms with Crippen molar-refractivity contribution in [2.24, 2.45) is 17.8 Å². The summed E-state index contributed by atoms with van der Waals surface area (Å²) in [6, 6.07) is 0. The van der Waals surface area contributed by atoms with Gasteiger partial charge in [0.15, 0.2) is 0 Å². The molecule has 0 amide bonds. The maximum atomic E-state index is 2.70. The molecule has 0 N–H and O–H groups in total. The Bertz CT molecular complexity index is 266. The highest BCUT2D eigenvalue weighted by atomic mass is 15.3. The molecular weight excluding hydrogens is 196 g/mol. The molecule has 0 aromatic carbocycles. The zero-order chi connectivity index (χ0) is 11.0. The van der Waals surface area contributed by atoms with Crippen molar-refractivity contribution in [1.29, 1.82) is 0 Å². The van der Waals surface area contributed by atoms with Gasteiger partial charge in [0, 0.05) is 32.7 Å². The molecule has 2 heteroatoms. The van der Waals surface area contributed by atoms with Crippen molar-refractivity contribution in [3.8, 4) is 0 Å². The summed E-state index contributed by atoms with van der Waals surface area (Å²) in [4.78, 5) is 5.27. The van der Waals surface area contributed by atoms with Crippen molar-refractivity contribution >= 4 is 0 Å². The highest BCUT2D eigenvalue weighted by molar-refractivity contribution is 5.10. The van der Waals surface area contributed by atoms with Crippen LogP contribution in [0, 0.1) is 17.8 Å². The molecule has 0 radical (unpaired) electrons. The molecule has 2 bridgehead atoms. The number of allylic oxidation sites excluding steroid dienone is 2. The average molecular weight is 220 g/mol. The number of hydrogen-bond donors (Lipinski definition) is 0. The third-order valence-electron chi connectivity index (χ3n) is 4.82. The van der Waals surface area contributed by atoms with Gasteiger partial charge in [0.1, 0.15) is 0 Å². The molecule has 3 atom stereocenters. The van der Waals surface area contributed by atoms with Crippen LogP contribution < -0.4 is 0 Å². The molecule has 2 fully saturated rings. The Hall–Kier alpha value is -0.340. The van der Waals surface area contributed by atoms with Crippen LogP contribution in [0.1, 0.15) is 19.8 Å². The Morgan fingerprint density at radius 3 is 2.31 bits per heavy atom. The molecule has 2 aliphatic carbocycles. The maximum Gasteiger partial charge on any atom is 0.0110 e. The predicted molar refractivity (Wildman–Crippen MR) is 67.4 cm³/mol. The van der Waals surface area contributed by atoms with E-state index in [1.165, 1.54) is 52.1 Å². The van der Waals surface area contributed by atoms with E-state index in [4.69, 9.17) is 0 Å². The quantitative estimate of drug-likeness (QED) is 0.670. The highest BCUT2D eigenvalue weighted by Gasteiger charge is 2.36. The summed E-state index contributed by atoms with van der Waals surface area (Å²) in [5.41, 5.74) is 0. The third-order valence-corrected chi connectivity index (χ3v) is 4.82. The number of hydrogen-bond acceptors (Lipinski definition) is 2. The summed E-state index contributed by atoms with van der Waals surface area (Å²) < 4.78 is 0. The van der Waals surface area contributed by atoms with E-state index in [0.717, 1.165) is 17.8 Å². The molecule has 2 nitrogen and oxygen atoms in total. The van der Waals surface area contributed by atoms with Crippen molar-refractivity contribution in [3.63, 3.8) is 0 Å². The van der Waals surface area contributed by atoms with Gasteiger partial charge in [0.05, 0.1) is 0 Å². The van der Waals surface area contributed by atoms with E-state index in [9.17, 15) is 0 Å². The maximum absolute atomic E-state index is 2.70. The van der Waals surface area contributed by atoms with Gasteiger partial charge in [-0.05, 0) is 37.1 Å². The van der Waals surface area contributed by atoms with Crippen LogP contribution in [0.25, 0.3) is 0 Å². The first-order valence-corrected chi connectivity index (χ1v) is 6.98. The Balaban J connectivity index is 1.48. The summed E-state index contributed by atoms with van der Waals surface area (Å²) in [6.45, 7) is 10.0. The van der Waals surface area contributed by atoms with Gasteiger partial charge >= 0.3 is 0 Å². The van der Waals surface area contributed by atoms with Gasteiger partial charge in [-0.15, -0.1) is 0 Å². The Kier molecular flexibility index (Phi) is 3.03. The van der Waals surface area contributed by atoms with Gasteiger partial charge < -0.3 is 9.80 Å². The van der Waals surface area contributed by atoms with Gasteiger partial charge in [-0.1, -0.05) is 19.1 Å². The summed E-state index contributed by atoms with van der Waals surface area (Å²) in [5, 5.41) is 0. The molecule has 90 valence electrons. The van der Waals surface area contributed by atoms with Crippen LogP contribution in [0.2, 0.25) is 0 Å². The zero-order valence-electron chi connectivity index (χ0n) is 10.4. The topological polar surface area (TPSA) is 6.48 Å². The van der Waals surface area contributed by atoms with Crippen molar-refractivity contribution in [2.45, 2.75) is 19.8 Å². The summed E-state index contributed by atoms with van der Waals surface area (Å²) in [6.07, 6.45) is 7.87. The van der Waals surface area contributed by atoms with Gasteiger partial charge in [0.25, 0.3) is 0 Å². The first-order chi connectivity index (χ1) is 7.85. The molecule has 3 rings (SSSR count). The molecule has 1 aliphatic heterocycles. The van der Waals surface area contributed by atoms with Crippen LogP contribution in [-0.4, -0.2) is 49.1 Å². The van der Waals surface area contributed by atoms with E-state index in [1.807, 2.05) is 0 Å². The van der Waals surface area contributed by atoms with E-state index in [2.05, 4.69) is 28.9 Å². The lowest BCUT2D eigenvalue weighted by molar-refractivity contribution is 0.117. The second-order valence-corrected chi connectivity index (χ2v) is 5.78. The molecule has 0 aromatic heterocycles. The van der Waals surface area contributed by atoms with Crippen molar-refractivity contribution < 1.29 is 0 Å². The summed E-state index contributed by atoms with van der Waals surface area (Å²) >= 11 is 0. The molecule has 0 spiro atoms. The fourth-order valence-corrected chi connectivity index (χ4v) is 3.72. The molecule has 0 aromatic rings. The number of likely N-dealkylation sites (N-methyl/N-ethyl adjacent to an activating group) is 1. The van der Waals surface area contributed by atoms with Gasteiger partial charge in [-0.3, -0.25) is 0 Å². The third kappa shape index (κ3) is 2.05. The highest BCUT2D eigenvalue weighted by Crippen LogP contribution is 2.43. The molecular formula is C14H24N2. The van der Waals surface area contributed by atoms with E-state index < -0.39 is 0 Å². The van der Waals surface area contributed by atoms with Crippen molar-refractivity contribution in [3.05, 3.63) is 12.2 Å². The number of rotatable bonds is 3. The first kappa shape index (κ1) is 10.8. The molecule has 1 heterocycles. The minimum atomic E-state index is 0.925. The lowest BCUT2D eigenvalue weighted by Gasteiger charge is -2.36. The largest absolute Gasteiger partial charge is 0.301 e. The minimum absolute atomic E-state index is 0.925. The number of nitrogens with zero attached hydrogens (tertiary/aromatic N) is 2. The monoisotopic (exact) mass is 220 g/mol. The summed E-state index contributed by atoms with van der Waals surface area (Å²) in [7, 11) is 0. The average Bonchev–Trinajstić information content (AvgIpc) is 2.92. The Morgan fingerprint density at radius 2 is 1.75 bits per heavy atom. The molecule has 16 heavy (non-hydrogen) atoms. The van der Waals surface area contributed by atoms with E-state index >= 15 is 0 Å². The van der Waals surface area contributed by atoms with Gasteiger partial charge in [-0.25, -0.2) is 0 Å².